The van der Waals surface area contributed by atoms with E-state index in [0.717, 1.165) is 22.3 Å². The van der Waals surface area contributed by atoms with Gasteiger partial charge in [-0.25, -0.2) is 0 Å². The van der Waals surface area contributed by atoms with Crippen molar-refractivity contribution >= 4 is 4.82 Å². The summed E-state index contributed by atoms with van der Waals surface area (Å²) in [6, 6.07) is 12.4. The first-order valence-electron chi connectivity index (χ1n) is 12.3. The summed E-state index contributed by atoms with van der Waals surface area (Å²) in [7, 11) is 0. The van der Waals surface area contributed by atoms with Gasteiger partial charge in [-0.2, -0.15) is 0 Å². The van der Waals surface area contributed by atoms with Crippen molar-refractivity contribution in [1.29, 1.82) is 0 Å². The Kier molecular flexibility index (Phi) is 8.37. The van der Waals surface area contributed by atoms with E-state index >= 15 is 0 Å². The van der Waals surface area contributed by atoms with Crippen LogP contribution in [0, 0.1) is 13.8 Å². The molecular formula is C29H46O4Ti. The Hall–Kier alpha value is -1.46. The molecule has 0 saturated heterocycles. The molecule has 0 N–H and O–H groups in total. The van der Waals surface area contributed by atoms with E-state index in [1.807, 2.05) is 52.0 Å². The molecule has 190 valence electrons. The van der Waals surface area contributed by atoms with Crippen molar-refractivity contribution in [1.82, 2.24) is 0 Å². The molecule has 0 saturated carbocycles. The molecule has 0 fully saturated rings. The molecule has 2 rings (SSSR count). The Morgan fingerprint density at radius 1 is 0.647 bits per heavy atom. The van der Waals surface area contributed by atoms with Crippen LogP contribution in [0.5, 0.6) is 11.5 Å². The zero-order valence-corrected chi connectivity index (χ0v) is 25.0. The van der Waals surface area contributed by atoms with Crippen LogP contribution in [0.1, 0.15) is 91.5 Å². The molecule has 0 aliphatic heterocycles. The third kappa shape index (κ3) is 7.27. The molecule has 0 bridgehead atoms. The summed E-state index contributed by atoms with van der Waals surface area (Å²) in [5.41, 5.74) is 4.16. The second kappa shape index (κ2) is 9.89. The molecule has 0 unspecified atom stereocenters. The van der Waals surface area contributed by atoms with Gasteiger partial charge < -0.3 is 0 Å². The van der Waals surface area contributed by atoms with Gasteiger partial charge in [0.1, 0.15) is 0 Å². The molecule has 0 aromatic heterocycles. The van der Waals surface area contributed by atoms with Crippen LogP contribution in [0.3, 0.4) is 0 Å². The van der Waals surface area contributed by atoms with Crippen molar-refractivity contribution in [3.05, 3.63) is 58.7 Å². The predicted octanol–water partition coefficient (Wildman–Crippen LogP) is 7.99. The quantitative estimate of drug-likeness (QED) is 0.340. The zero-order valence-electron chi connectivity index (χ0n) is 23.5. The third-order valence-electron chi connectivity index (χ3n) is 5.43. The fraction of sp³-hybridized carbons (Fsp3) is 0.552. The SMILES string of the molecule is [CH2]=[Ti]([O]c1ccc(C)cc1C(C)(C)C)([O]c1ccc(C)cc1C(C)(C)C)([O]C(C)C)[O]C(C)C. The summed E-state index contributed by atoms with van der Waals surface area (Å²) < 4.78 is 26.8. The van der Waals surface area contributed by atoms with Crippen molar-refractivity contribution in [2.75, 3.05) is 0 Å². The van der Waals surface area contributed by atoms with E-state index in [4.69, 9.17) is 13.3 Å². The van der Waals surface area contributed by atoms with Crippen LogP contribution in [-0.4, -0.2) is 17.0 Å². The van der Waals surface area contributed by atoms with Crippen LogP contribution in [0.25, 0.3) is 0 Å². The summed E-state index contributed by atoms with van der Waals surface area (Å²) in [5.74, 6) is 1.38. The van der Waals surface area contributed by atoms with Crippen LogP contribution in [-0.2, 0) is 33.9 Å². The van der Waals surface area contributed by atoms with Crippen molar-refractivity contribution in [2.45, 2.75) is 106 Å². The van der Waals surface area contributed by atoms with Crippen molar-refractivity contribution in [3.63, 3.8) is 0 Å². The van der Waals surface area contributed by atoms with E-state index in [2.05, 4.69) is 72.3 Å². The van der Waals surface area contributed by atoms with Gasteiger partial charge in [0.15, 0.2) is 0 Å². The number of hydrogen-bond acceptors (Lipinski definition) is 4. The van der Waals surface area contributed by atoms with Gasteiger partial charge in [0, 0.05) is 0 Å². The molecule has 0 radical (unpaired) electrons. The first kappa shape index (κ1) is 28.8. The summed E-state index contributed by atoms with van der Waals surface area (Å²) in [6.45, 7) is 25.0. The van der Waals surface area contributed by atoms with E-state index in [9.17, 15) is 0 Å². The van der Waals surface area contributed by atoms with Crippen LogP contribution in [0.4, 0.5) is 0 Å². The number of aryl methyl sites for hydroxylation is 2. The second-order valence-electron chi connectivity index (χ2n) is 12.1. The average molecular weight is 507 g/mol. The Labute approximate surface area is 210 Å². The van der Waals surface area contributed by atoms with E-state index < -0.39 is 16.4 Å². The minimum atomic E-state index is -5.32. The van der Waals surface area contributed by atoms with E-state index in [1.165, 1.54) is 0 Å². The number of hydrogen-bond donors (Lipinski definition) is 0. The standard InChI is InChI=1S/2C11H16O.2C3H7O.CH2.Ti/c2*1-8-5-6-10(12)9(7-8)11(2,3)4;2*1-3(2)4;;/h2*5-7,12H,1-4H3;2*3H,1-2H3;1H2;/q;;2*-1;;+4/p-2. The summed E-state index contributed by atoms with van der Waals surface area (Å²) >= 11 is -5.32. The van der Waals surface area contributed by atoms with Gasteiger partial charge in [0.05, 0.1) is 0 Å². The minimum absolute atomic E-state index is 0.150. The maximum absolute atomic E-state index is 6.84. The van der Waals surface area contributed by atoms with Gasteiger partial charge in [0.25, 0.3) is 0 Å². The Balaban J connectivity index is 2.80. The Morgan fingerprint density at radius 2 is 0.971 bits per heavy atom. The summed E-state index contributed by atoms with van der Waals surface area (Å²) in [6.07, 6.45) is -0.416. The molecule has 0 amide bonds. The molecule has 0 aliphatic rings. The molecule has 0 atom stereocenters. The fourth-order valence-corrected chi connectivity index (χ4v) is 9.30. The first-order valence-corrected chi connectivity index (χ1v) is 16.0. The predicted molar refractivity (Wildman–Crippen MR) is 141 cm³/mol. The molecule has 2 aromatic carbocycles. The first-order chi connectivity index (χ1) is 15.3. The maximum atomic E-state index is 6.84. The average Bonchev–Trinajstić information content (AvgIpc) is 2.61. The summed E-state index contributed by atoms with van der Waals surface area (Å²) in [5, 5.41) is 0. The van der Waals surface area contributed by atoms with E-state index in [-0.39, 0.29) is 23.0 Å². The van der Waals surface area contributed by atoms with Crippen LogP contribution >= 0.6 is 0 Å². The molecule has 34 heavy (non-hydrogen) atoms. The Bertz CT molecular complexity index is 983. The monoisotopic (exact) mass is 506 g/mol. The second-order valence-corrected chi connectivity index (χ2v) is 16.9. The fourth-order valence-electron chi connectivity index (χ4n) is 4.12. The van der Waals surface area contributed by atoms with Gasteiger partial charge in [-0.05, 0) is 0 Å². The van der Waals surface area contributed by atoms with Crippen LogP contribution in [0.15, 0.2) is 36.4 Å². The Morgan fingerprint density at radius 3 is 1.24 bits per heavy atom. The van der Waals surface area contributed by atoms with Crippen molar-refractivity contribution < 1.29 is 29.7 Å². The molecule has 4 nitrogen and oxygen atoms in total. The molecule has 0 aliphatic carbocycles. The topological polar surface area (TPSA) is 36.9 Å². The number of rotatable bonds is 8. The van der Waals surface area contributed by atoms with Gasteiger partial charge in [-0.3, -0.25) is 0 Å². The van der Waals surface area contributed by atoms with E-state index in [0.29, 0.717) is 11.5 Å². The van der Waals surface area contributed by atoms with E-state index in [1.54, 1.807) is 0 Å². The normalized spacial score (nSPS) is 13.5. The molecule has 2 aromatic rings. The van der Waals surface area contributed by atoms with Gasteiger partial charge in [0.2, 0.25) is 0 Å². The molecular weight excluding hydrogens is 460 g/mol. The number of benzene rings is 2. The van der Waals surface area contributed by atoms with Gasteiger partial charge in [-0.15, -0.1) is 0 Å². The zero-order chi connectivity index (χ0) is 26.1. The molecule has 0 heterocycles. The van der Waals surface area contributed by atoms with Crippen LogP contribution in [0.2, 0.25) is 0 Å². The van der Waals surface area contributed by atoms with Crippen molar-refractivity contribution in [2.24, 2.45) is 0 Å². The molecule has 0 spiro atoms. The van der Waals surface area contributed by atoms with Gasteiger partial charge in [-0.1, -0.05) is 0 Å². The van der Waals surface area contributed by atoms with Crippen LogP contribution < -0.4 is 6.64 Å². The van der Waals surface area contributed by atoms with Crippen molar-refractivity contribution in [3.8, 4) is 11.5 Å². The summed E-state index contributed by atoms with van der Waals surface area (Å²) in [4.78, 5) is 4.57. The third-order valence-corrected chi connectivity index (χ3v) is 10.2. The van der Waals surface area contributed by atoms with Gasteiger partial charge >= 0.3 is 211 Å². The molecule has 5 heteroatoms.